The van der Waals surface area contributed by atoms with Gasteiger partial charge in [0, 0.05) is 5.25 Å². The molecule has 2 unspecified atom stereocenters. The van der Waals surface area contributed by atoms with Gasteiger partial charge in [0.05, 0.1) is 5.92 Å². The number of carboxylic acids is 1. The number of hydrogen-bond donors (Lipinski definition) is 1. The van der Waals surface area contributed by atoms with E-state index in [1.165, 1.54) is 16.3 Å². The maximum absolute atomic E-state index is 11.5. The van der Waals surface area contributed by atoms with Gasteiger partial charge in [0.2, 0.25) is 0 Å². The summed E-state index contributed by atoms with van der Waals surface area (Å²) in [4.78, 5) is 11.5. The molecule has 0 radical (unpaired) electrons. The normalized spacial score (nSPS) is 13.0. The molecular weight excluding hydrogens is 304 g/mol. The van der Waals surface area contributed by atoms with E-state index < -0.39 is 5.97 Å². The van der Waals surface area contributed by atoms with Gasteiger partial charge >= 0.3 is 5.97 Å². The lowest BCUT2D eigenvalue weighted by Crippen LogP contribution is -2.27. The van der Waals surface area contributed by atoms with E-state index in [0.717, 1.165) is 19.3 Å². The van der Waals surface area contributed by atoms with Crippen LogP contribution >= 0.6 is 11.8 Å². The van der Waals surface area contributed by atoms with E-state index in [0.29, 0.717) is 0 Å². The number of thioether (sulfide) groups is 1. The van der Waals surface area contributed by atoms with Crippen molar-refractivity contribution < 1.29 is 9.90 Å². The summed E-state index contributed by atoms with van der Waals surface area (Å²) >= 11 is 1.67. The minimum absolute atomic E-state index is 0.128. The molecule has 2 aromatic rings. The van der Waals surface area contributed by atoms with Crippen LogP contribution in [0.5, 0.6) is 0 Å². The van der Waals surface area contributed by atoms with Gasteiger partial charge in [-0.1, -0.05) is 69.7 Å². The summed E-state index contributed by atoms with van der Waals surface area (Å²) in [5.41, 5.74) is 1.22. The molecule has 1 N–H and O–H groups in total. The van der Waals surface area contributed by atoms with Crippen molar-refractivity contribution >= 4 is 28.5 Å². The third kappa shape index (κ3) is 5.58. The Bertz CT molecular complexity index is 609. The SMILES string of the molecule is CC.CCCC(C(=O)O)C(Cc1ccc2ccccc2c1)SC. The molecular formula is C20H28O2S. The predicted molar refractivity (Wildman–Crippen MR) is 102 cm³/mol. The molecule has 0 aliphatic heterocycles. The summed E-state index contributed by atoms with van der Waals surface area (Å²) < 4.78 is 0. The van der Waals surface area contributed by atoms with Crippen LogP contribution in [0.3, 0.4) is 0 Å². The number of benzene rings is 2. The first-order valence-corrected chi connectivity index (χ1v) is 9.67. The van der Waals surface area contributed by atoms with Gasteiger partial charge in [-0.05, 0) is 35.4 Å². The highest BCUT2D eigenvalue weighted by atomic mass is 32.2. The molecule has 3 heteroatoms. The molecule has 0 aliphatic carbocycles. The highest BCUT2D eigenvalue weighted by molar-refractivity contribution is 7.99. The van der Waals surface area contributed by atoms with Crippen LogP contribution in [0, 0.1) is 5.92 Å². The van der Waals surface area contributed by atoms with E-state index in [4.69, 9.17) is 0 Å². The molecule has 0 spiro atoms. The molecule has 0 saturated heterocycles. The van der Waals surface area contributed by atoms with Crippen molar-refractivity contribution in [3.8, 4) is 0 Å². The van der Waals surface area contributed by atoms with E-state index in [1.807, 2.05) is 39.2 Å². The topological polar surface area (TPSA) is 37.3 Å². The zero-order chi connectivity index (χ0) is 17.2. The van der Waals surface area contributed by atoms with E-state index in [2.05, 4.69) is 30.3 Å². The Kier molecular flexibility index (Phi) is 8.78. The predicted octanol–water partition coefficient (Wildman–Crippen LogP) is 5.64. The van der Waals surface area contributed by atoms with Gasteiger partial charge in [-0.3, -0.25) is 4.79 Å². The van der Waals surface area contributed by atoms with Crippen molar-refractivity contribution in [3.63, 3.8) is 0 Å². The number of carbonyl (C=O) groups is 1. The van der Waals surface area contributed by atoms with Gasteiger partial charge in [0.15, 0.2) is 0 Å². The molecule has 0 saturated carbocycles. The summed E-state index contributed by atoms with van der Waals surface area (Å²) in [5, 5.41) is 12.0. The van der Waals surface area contributed by atoms with Crippen LogP contribution in [0.2, 0.25) is 0 Å². The Hall–Kier alpha value is -1.48. The zero-order valence-corrected chi connectivity index (χ0v) is 15.4. The Morgan fingerprint density at radius 3 is 2.35 bits per heavy atom. The van der Waals surface area contributed by atoms with E-state index in [9.17, 15) is 9.90 Å². The van der Waals surface area contributed by atoms with Gasteiger partial charge in [0.1, 0.15) is 0 Å². The molecule has 126 valence electrons. The fourth-order valence-corrected chi connectivity index (χ4v) is 3.71. The Labute approximate surface area is 144 Å². The minimum atomic E-state index is -0.669. The van der Waals surface area contributed by atoms with E-state index >= 15 is 0 Å². The molecule has 0 amide bonds. The molecule has 0 aromatic heterocycles. The van der Waals surface area contributed by atoms with Crippen molar-refractivity contribution in [2.75, 3.05) is 6.26 Å². The monoisotopic (exact) mass is 332 g/mol. The zero-order valence-electron chi connectivity index (χ0n) is 14.6. The maximum Gasteiger partial charge on any atom is 0.307 e. The summed E-state index contributed by atoms with van der Waals surface area (Å²) in [7, 11) is 0. The lowest BCUT2D eigenvalue weighted by molar-refractivity contribution is -0.141. The van der Waals surface area contributed by atoms with Gasteiger partial charge in [-0.15, -0.1) is 0 Å². The van der Waals surface area contributed by atoms with Crippen LogP contribution in [-0.2, 0) is 11.2 Å². The fourth-order valence-electron chi connectivity index (χ4n) is 2.77. The first-order valence-electron chi connectivity index (χ1n) is 8.39. The van der Waals surface area contributed by atoms with E-state index in [-0.39, 0.29) is 11.2 Å². The summed E-state index contributed by atoms with van der Waals surface area (Å²) in [5.74, 6) is -0.937. The molecule has 2 atom stereocenters. The van der Waals surface area contributed by atoms with Crippen molar-refractivity contribution in [3.05, 3.63) is 48.0 Å². The average Bonchev–Trinajstić information content (AvgIpc) is 2.59. The molecule has 0 bridgehead atoms. The maximum atomic E-state index is 11.5. The molecule has 0 aliphatic rings. The standard InChI is InChI=1S/C18H22O2S.C2H6/c1-3-6-16(18(19)20)17(21-2)12-13-9-10-14-7-4-5-8-15(14)11-13;1-2/h4-5,7-11,16-17H,3,6,12H2,1-2H3,(H,19,20);1-2H3. The summed E-state index contributed by atoms with van der Waals surface area (Å²) in [6.45, 7) is 6.04. The number of fused-ring (bicyclic) bond motifs is 1. The number of carboxylic acid groups (broad SMARTS) is 1. The van der Waals surface area contributed by atoms with Crippen LogP contribution in [0.25, 0.3) is 10.8 Å². The Morgan fingerprint density at radius 1 is 1.13 bits per heavy atom. The second kappa shape index (κ2) is 10.3. The molecule has 2 aromatic carbocycles. The smallest absolute Gasteiger partial charge is 0.307 e. The quantitative estimate of drug-likeness (QED) is 0.713. The molecule has 0 heterocycles. The van der Waals surface area contributed by atoms with E-state index in [1.54, 1.807) is 11.8 Å². The summed E-state index contributed by atoms with van der Waals surface area (Å²) in [6, 6.07) is 14.7. The van der Waals surface area contributed by atoms with Crippen molar-refractivity contribution in [1.29, 1.82) is 0 Å². The highest BCUT2D eigenvalue weighted by Gasteiger charge is 2.26. The second-order valence-corrected chi connectivity index (χ2v) is 6.47. The third-order valence-corrected chi connectivity index (χ3v) is 5.02. The first-order chi connectivity index (χ1) is 11.2. The van der Waals surface area contributed by atoms with Gasteiger partial charge < -0.3 is 5.11 Å². The lowest BCUT2D eigenvalue weighted by atomic mass is 9.94. The van der Waals surface area contributed by atoms with Crippen LogP contribution in [0.1, 0.15) is 39.2 Å². The number of aliphatic carboxylic acids is 1. The first kappa shape index (κ1) is 19.6. The van der Waals surface area contributed by atoms with Crippen molar-refractivity contribution in [2.45, 2.75) is 45.3 Å². The third-order valence-electron chi connectivity index (χ3n) is 3.92. The lowest BCUT2D eigenvalue weighted by Gasteiger charge is -2.22. The van der Waals surface area contributed by atoms with Crippen LogP contribution in [0.4, 0.5) is 0 Å². The van der Waals surface area contributed by atoms with Gasteiger partial charge in [-0.25, -0.2) is 0 Å². The number of rotatable bonds is 7. The Morgan fingerprint density at radius 2 is 1.78 bits per heavy atom. The minimum Gasteiger partial charge on any atom is -0.481 e. The van der Waals surface area contributed by atoms with Crippen LogP contribution in [-0.4, -0.2) is 22.6 Å². The number of hydrogen-bond acceptors (Lipinski definition) is 2. The average molecular weight is 333 g/mol. The van der Waals surface area contributed by atoms with Gasteiger partial charge in [-0.2, -0.15) is 11.8 Å². The molecule has 2 nitrogen and oxygen atoms in total. The van der Waals surface area contributed by atoms with Crippen LogP contribution < -0.4 is 0 Å². The Balaban J connectivity index is 0.00000127. The van der Waals surface area contributed by atoms with Crippen LogP contribution in [0.15, 0.2) is 42.5 Å². The largest absolute Gasteiger partial charge is 0.481 e. The molecule has 0 fully saturated rings. The second-order valence-electron chi connectivity index (χ2n) is 5.39. The molecule has 2 rings (SSSR count). The highest BCUT2D eigenvalue weighted by Crippen LogP contribution is 2.27. The fraction of sp³-hybridized carbons (Fsp3) is 0.450. The van der Waals surface area contributed by atoms with Crippen molar-refractivity contribution in [2.24, 2.45) is 5.92 Å². The summed E-state index contributed by atoms with van der Waals surface area (Å²) in [6.07, 6.45) is 4.47. The van der Waals surface area contributed by atoms with Crippen molar-refractivity contribution in [1.82, 2.24) is 0 Å². The molecule has 23 heavy (non-hydrogen) atoms. The van der Waals surface area contributed by atoms with Gasteiger partial charge in [0.25, 0.3) is 0 Å².